The number of rotatable bonds is 3. The molecular formula is C14H21N5O2. The maximum absolute atomic E-state index is 12.5. The maximum Gasteiger partial charge on any atom is 0.274 e. The van der Waals surface area contributed by atoms with Gasteiger partial charge in [-0.2, -0.15) is 0 Å². The smallest absolute Gasteiger partial charge is 0.274 e. The topological polar surface area (TPSA) is 78.4 Å². The molecule has 1 atom stereocenters. The van der Waals surface area contributed by atoms with E-state index >= 15 is 0 Å². The van der Waals surface area contributed by atoms with Gasteiger partial charge in [-0.15, -0.1) is 0 Å². The number of aromatic nitrogens is 2. The van der Waals surface area contributed by atoms with Crippen LogP contribution in [0.15, 0.2) is 18.6 Å². The number of hydrogen-bond donors (Lipinski definition) is 1. The number of carbonyl (C=O) groups is 2. The molecule has 1 aliphatic heterocycles. The van der Waals surface area contributed by atoms with E-state index in [0.717, 1.165) is 6.54 Å². The molecule has 1 saturated heterocycles. The van der Waals surface area contributed by atoms with Crippen LogP contribution in [0.3, 0.4) is 0 Å². The van der Waals surface area contributed by atoms with E-state index in [0.29, 0.717) is 19.1 Å². The summed E-state index contributed by atoms with van der Waals surface area (Å²) in [6.07, 6.45) is 4.42. The van der Waals surface area contributed by atoms with Crippen LogP contribution in [-0.4, -0.2) is 70.3 Å². The van der Waals surface area contributed by atoms with E-state index < -0.39 is 6.04 Å². The lowest BCUT2D eigenvalue weighted by Crippen LogP contribution is -2.61. The van der Waals surface area contributed by atoms with Crippen LogP contribution in [0, 0.1) is 0 Å². The Morgan fingerprint density at radius 3 is 2.67 bits per heavy atom. The maximum atomic E-state index is 12.5. The van der Waals surface area contributed by atoms with Crippen LogP contribution in [0.25, 0.3) is 0 Å². The van der Waals surface area contributed by atoms with Crippen LogP contribution >= 0.6 is 0 Å². The Bertz CT molecular complexity index is 505. The monoisotopic (exact) mass is 291 g/mol. The first-order valence-corrected chi connectivity index (χ1v) is 7.07. The fourth-order valence-corrected chi connectivity index (χ4v) is 2.46. The molecule has 1 aliphatic rings. The summed E-state index contributed by atoms with van der Waals surface area (Å²) in [7, 11) is 1.58. The summed E-state index contributed by atoms with van der Waals surface area (Å²) >= 11 is 0. The molecule has 0 radical (unpaired) electrons. The number of carbonyl (C=O) groups excluding carboxylic acids is 2. The molecule has 0 spiro atoms. The highest BCUT2D eigenvalue weighted by atomic mass is 16.2. The van der Waals surface area contributed by atoms with Crippen molar-refractivity contribution in [2.75, 3.05) is 26.7 Å². The molecule has 114 valence electrons. The zero-order valence-electron chi connectivity index (χ0n) is 12.6. The second kappa shape index (κ2) is 6.62. The minimum absolute atomic E-state index is 0.155. The predicted octanol–water partition coefficient (Wildman–Crippen LogP) is -0.243. The van der Waals surface area contributed by atoms with E-state index in [1.165, 1.54) is 18.6 Å². The molecule has 1 N–H and O–H groups in total. The Kier molecular flexibility index (Phi) is 4.85. The molecule has 1 aromatic rings. The molecular weight excluding hydrogens is 270 g/mol. The highest BCUT2D eigenvalue weighted by Gasteiger charge is 2.36. The van der Waals surface area contributed by atoms with Crippen molar-refractivity contribution in [2.24, 2.45) is 0 Å². The predicted molar refractivity (Wildman–Crippen MR) is 77.6 cm³/mol. The van der Waals surface area contributed by atoms with E-state index in [1.54, 1.807) is 11.9 Å². The summed E-state index contributed by atoms with van der Waals surface area (Å²) in [5, 5.41) is 2.63. The van der Waals surface area contributed by atoms with Gasteiger partial charge in [-0.3, -0.25) is 19.5 Å². The summed E-state index contributed by atoms with van der Waals surface area (Å²) < 4.78 is 0. The van der Waals surface area contributed by atoms with Crippen LogP contribution in [0.4, 0.5) is 0 Å². The summed E-state index contributed by atoms with van der Waals surface area (Å²) in [6, 6.07) is -0.161. The Balaban J connectivity index is 2.21. The van der Waals surface area contributed by atoms with Gasteiger partial charge >= 0.3 is 0 Å². The first-order valence-electron chi connectivity index (χ1n) is 7.07. The number of likely N-dealkylation sites (N-methyl/N-ethyl adjacent to an activating group) is 1. The highest BCUT2D eigenvalue weighted by molar-refractivity contribution is 5.96. The highest BCUT2D eigenvalue weighted by Crippen LogP contribution is 2.15. The molecule has 2 amide bonds. The van der Waals surface area contributed by atoms with Crippen molar-refractivity contribution in [3.8, 4) is 0 Å². The second-order valence-electron chi connectivity index (χ2n) is 5.31. The van der Waals surface area contributed by atoms with Crippen molar-refractivity contribution < 1.29 is 9.59 Å². The standard InChI is InChI=1S/C14H21N5O2/c1-10(2)18-6-7-19(12(9-18)13(20)15-3)14(21)11-8-16-4-5-17-11/h4-5,8,10,12H,6-7,9H2,1-3H3,(H,15,20)/t12-/m0/s1. The summed E-state index contributed by atoms with van der Waals surface area (Å²) in [4.78, 5) is 36.4. The van der Waals surface area contributed by atoms with Gasteiger partial charge in [0.15, 0.2) is 0 Å². The number of nitrogens with one attached hydrogen (secondary N) is 1. The number of amides is 2. The molecule has 1 aromatic heterocycles. The lowest BCUT2D eigenvalue weighted by atomic mass is 10.1. The Hall–Kier alpha value is -2.02. The van der Waals surface area contributed by atoms with Crippen molar-refractivity contribution in [3.63, 3.8) is 0 Å². The van der Waals surface area contributed by atoms with Crippen molar-refractivity contribution in [1.82, 2.24) is 25.1 Å². The molecule has 7 nitrogen and oxygen atoms in total. The normalized spacial score (nSPS) is 19.6. The molecule has 1 fully saturated rings. The molecule has 2 rings (SSSR count). The SMILES string of the molecule is CNC(=O)[C@@H]1CN(C(C)C)CCN1C(=O)c1cnccn1. The molecule has 21 heavy (non-hydrogen) atoms. The van der Waals surface area contributed by atoms with Gasteiger partial charge in [0.1, 0.15) is 11.7 Å². The first-order chi connectivity index (χ1) is 10.0. The van der Waals surface area contributed by atoms with Crippen molar-refractivity contribution >= 4 is 11.8 Å². The Morgan fingerprint density at radius 2 is 2.10 bits per heavy atom. The van der Waals surface area contributed by atoms with Crippen LogP contribution in [0.5, 0.6) is 0 Å². The van der Waals surface area contributed by atoms with Gasteiger partial charge in [0, 0.05) is 45.1 Å². The Labute approximate surface area is 124 Å². The third kappa shape index (κ3) is 3.36. The molecule has 0 unspecified atom stereocenters. The first kappa shape index (κ1) is 15.4. The Morgan fingerprint density at radius 1 is 1.33 bits per heavy atom. The lowest BCUT2D eigenvalue weighted by Gasteiger charge is -2.41. The summed E-state index contributed by atoms with van der Waals surface area (Å²) in [5.74, 6) is -0.405. The van der Waals surface area contributed by atoms with Crippen LogP contribution in [0.1, 0.15) is 24.3 Å². The van der Waals surface area contributed by atoms with Gasteiger partial charge in [-0.05, 0) is 13.8 Å². The van der Waals surface area contributed by atoms with Gasteiger partial charge < -0.3 is 10.2 Å². The van der Waals surface area contributed by atoms with E-state index in [-0.39, 0.29) is 17.5 Å². The van der Waals surface area contributed by atoms with Gasteiger partial charge in [0.05, 0.1) is 6.20 Å². The largest absolute Gasteiger partial charge is 0.357 e. The molecule has 0 saturated carbocycles. The third-order valence-corrected chi connectivity index (χ3v) is 3.73. The van der Waals surface area contributed by atoms with E-state index in [1.807, 2.05) is 0 Å². The fourth-order valence-electron chi connectivity index (χ4n) is 2.46. The zero-order valence-corrected chi connectivity index (χ0v) is 12.6. The average Bonchev–Trinajstić information content (AvgIpc) is 2.53. The molecule has 0 aliphatic carbocycles. The second-order valence-corrected chi connectivity index (χ2v) is 5.31. The molecule has 0 bridgehead atoms. The van der Waals surface area contributed by atoms with Gasteiger partial charge in [-0.25, -0.2) is 4.98 Å². The van der Waals surface area contributed by atoms with Crippen LogP contribution < -0.4 is 5.32 Å². The molecule has 2 heterocycles. The zero-order chi connectivity index (χ0) is 15.4. The number of piperazine rings is 1. The number of nitrogens with zero attached hydrogens (tertiary/aromatic N) is 4. The number of hydrogen-bond acceptors (Lipinski definition) is 5. The van der Waals surface area contributed by atoms with E-state index in [9.17, 15) is 9.59 Å². The van der Waals surface area contributed by atoms with Gasteiger partial charge in [0.25, 0.3) is 5.91 Å². The van der Waals surface area contributed by atoms with Crippen LogP contribution in [0.2, 0.25) is 0 Å². The average molecular weight is 291 g/mol. The van der Waals surface area contributed by atoms with E-state index in [4.69, 9.17) is 0 Å². The van der Waals surface area contributed by atoms with Crippen molar-refractivity contribution in [3.05, 3.63) is 24.3 Å². The van der Waals surface area contributed by atoms with Crippen molar-refractivity contribution in [1.29, 1.82) is 0 Å². The van der Waals surface area contributed by atoms with Gasteiger partial charge in [-0.1, -0.05) is 0 Å². The van der Waals surface area contributed by atoms with E-state index in [2.05, 4.69) is 34.0 Å². The summed E-state index contributed by atoms with van der Waals surface area (Å²) in [5.41, 5.74) is 0.268. The lowest BCUT2D eigenvalue weighted by molar-refractivity contribution is -0.127. The summed E-state index contributed by atoms with van der Waals surface area (Å²) in [6.45, 7) is 5.95. The quantitative estimate of drug-likeness (QED) is 0.831. The minimum atomic E-state index is -0.499. The third-order valence-electron chi connectivity index (χ3n) is 3.73. The minimum Gasteiger partial charge on any atom is -0.357 e. The van der Waals surface area contributed by atoms with Crippen LogP contribution in [-0.2, 0) is 4.79 Å². The molecule has 7 heteroatoms. The van der Waals surface area contributed by atoms with Gasteiger partial charge in [0.2, 0.25) is 5.91 Å². The fraction of sp³-hybridized carbons (Fsp3) is 0.571. The molecule has 0 aromatic carbocycles. The van der Waals surface area contributed by atoms with Crippen molar-refractivity contribution in [2.45, 2.75) is 25.9 Å².